The Morgan fingerprint density at radius 1 is 1.06 bits per heavy atom. The van der Waals surface area contributed by atoms with Crippen LogP contribution in [0.5, 0.6) is 0 Å². The van der Waals surface area contributed by atoms with Crippen molar-refractivity contribution < 1.29 is 4.79 Å². The molecule has 1 N–H and O–H groups in total. The molecule has 2 aromatic carbocycles. The summed E-state index contributed by atoms with van der Waals surface area (Å²) in [7, 11) is 0. The van der Waals surface area contributed by atoms with Gasteiger partial charge < -0.3 is 5.32 Å². The van der Waals surface area contributed by atoms with Crippen molar-refractivity contribution in [2.24, 2.45) is 0 Å². The predicted octanol–water partition coefficient (Wildman–Crippen LogP) is 4.44. The second kappa shape index (κ2) is 6.33. The minimum absolute atomic E-state index is 0.0858. The van der Waals surface area contributed by atoms with E-state index < -0.39 is 0 Å². The molecule has 2 nitrogen and oxygen atoms in total. The number of anilines is 1. The summed E-state index contributed by atoms with van der Waals surface area (Å²) in [5.41, 5.74) is 2.63. The Morgan fingerprint density at radius 3 is 2.22 bits per heavy atom. The number of rotatable bonds is 3. The molecule has 0 saturated carbocycles. The maximum absolute atomic E-state index is 12.0. The Balaban J connectivity index is 2.09. The lowest BCUT2D eigenvalue weighted by molar-refractivity contribution is 0.102. The standard InChI is InChI=1S/C14H11BrINO/c15-9-10-1-3-11(4-2-10)14(18)17-13-7-5-12(16)6-8-13/h1-8H,9H2,(H,17,18). The van der Waals surface area contributed by atoms with Gasteiger partial charge in [0.2, 0.25) is 0 Å². The molecule has 0 fully saturated rings. The molecular weight excluding hydrogens is 405 g/mol. The molecule has 4 heteroatoms. The van der Waals surface area contributed by atoms with Crippen LogP contribution in [-0.4, -0.2) is 5.91 Å². The molecule has 0 aliphatic rings. The fourth-order valence-electron chi connectivity index (χ4n) is 1.48. The fraction of sp³-hybridized carbons (Fsp3) is 0.0714. The van der Waals surface area contributed by atoms with Gasteiger partial charge in [-0.1, -0.05) is 28.1 Å². The van der Waals surface area contributed by atoms with Gasteiger partial charge in [0, 0.05) is 20.2 Å². The maximum atomic E-state index is 12.0. The van der Waals surface area contributed by atoms with Crippen LogP contribution in [0.25, 0.3) is 0 Å². The number of amides is 1. The van der Waals surface area contributed by atoms with Crippen molar-refractivity contribution in [1.29, 1.82) is 0 Å². The summed E-state index contributed by atoms with van der Waals surface area (Å²) in [5, 5.41) is 3.67. The van der Waals surface area contributed by atoms with Crippen molar-refractivity contribution in [2.45, 2.75) is 5.33 Å². The van der Waals surface area contributed by atoms with Crippen LogP contribution in [0.2, 0.25) is 0 Å². The molecule has 0 spiro atoms. The van der Waals surface area contributed by atoms with E-state index in [2.05, 4.69) is 43.8 Å². The molecule has 0 radical (unpaired) electrons. The molecule has 0 aliphatic heterocycles. The summed E-state index contributed by atoms with van der Waals surface area (Å²) in [6, 6.07) is 15.3. The molecule has 0 heterocycles. The van der Waals surface area contributed by atoms with Crippen molar-refractivity contribution >= 4 is 50.1 Å². The number of carbonyl (C=O) groups excluding carboxylic acids is 1. The lowest BCUT2D eigenvalue weighted by atomic mass is 10.1. The zero-order chi connectivity index (χ0) is 13.0. The van der Waals surface area contributed by atoms with E-state index >= 15 is 0 Å². The number of benzene rings is 2. The summed E-state index contributed by atoms with van der Waals surface area (Å²) in [6.07, 6.45) is 0. The smallest absolute Gasteiger partial charge is 0.255 e. The van der Waals surface area contributed by atoms with E-state index in [9.17, 15) is 4.79 Å². The second-order valence-electron chi connectivity index (χ2n) is 3.79. The molecule has 0 unspecified atom stereocenters. The topological polar surface area (TPSA) is 29.1 Å². The van der Waals surface area contributed by atoms with Gasteiger partial charge in [-0.15, -0.1) is 0 Å². The van der Waals surface area contributed by atoms with Gasteiger partial charge in [0.05, 0.1) is 0 Å². The molecule has 0 saturated heterocycles. The van der Waals surface area contributed by atoms with Crippen molar-refractivity contribution in [2.75, 3.05) is 5.32 Å². The normalized spacial score (nSPS) is 10.1. The van der Waals surface area contributed by atoms with Gasteiger partial charge in [0.1, 0.15) is 0 Å². The lowest BCUT2D eigenvalue weighted by Crippen LogP contribution is -2.11. The minimum atomic E-state index is -0.0858. The van der Waals surface area contributed by atoms with Gasteiger partial charge in [-0.2, -0.15) is 0 Å². The van der Waals surface area contributed by atoms with Crippen LogP contribution in [0.3, 0.4) is 0 Å². The highest BCUT2D eigenvalue weighted by Gasteiger charge is 2.05. The SMILES string of the molecule is O=C(Nc1ccc(I)cc1)c1ccc(CBr)cc1. The van der Waals surface area contributed by atoms with Crippen LogP contribution < -0.4 is 5.32 Å². The summed E-state index contributed by atoms with van der Waals surface area (Å²) in [4.78, 5) is 12.0. The molecule has 0 aromatic heterocycles. The highest BCUT2D eigenvalue weighted by Crippen LogP contribution is 2.13. The van der Waals surface area contributed by atoms with E-state index in [1.165, 1.54) is 0 Å². The van der Waals surface area contributed by atoms with Crippen molar-refractivity contribution in [1.82, 2.24) is 0 Å². The van der Waals surface area contributed by atoms with Crippen molar-refractivity contribution in [3.63, 3.8) is 0 Å². The predicted molar refractivity (Wildman–Crippen MR) is 86.2 cm³/mol. The molecule has 0 atom stereocenters. The Kier molecular flexibility index (Phi) is 4.77. The number of nitrogens with one attached hydrogen (secondary N) is 1. The molecular formula is C14H11BrINO. The summed E-state index contributed by atoms with van der Waals surface area (Å²) in [6.45, 7) is 0. The minimum Gasteiger partial charge on any atom is -0.322 e. The van der Waals surface area contributed by atoms with Crippen LogP contribution in [0.1, 0.15) is 15.9 Å². The average Bonchev–Trinajstić information content (AvgIpc) is 2.41. The van der Waals surface area contributed by atoms with Crippen molar-refractivity contribution in [3.05, 3.63) is 63.2 Å². The number of alkyl halides is 1. The van der Waals surface area contributed by atoms with E-state index in [0.717, 1.165) is 20.2 Å². The molecule has 1 amide bonds. The molecule has 2 rings (SSSR count). The highest BCUT2D eigenvalue weighted by molar-refractivity contribution is 14.1. The Morgan fingerprint density at radius 2 is 1.67 bits per heavy atom. The first-order valence-corrected chi connectivity index (χ1v) is 7.61. The van der Waals surface area contributed by atoms with Gasteiger partial charge in [-0.25, -0.2) is 0 Å². The third-order valence-electron chi connectivity index (χ3n) is 2.47. The number of halogens is 2. The molecule has 0 aliphatic carbocycles. The van der Waals surface area contributed by atoms with Gasteiger partial charge in [0.15, 0.2) is 0 Å². The second-order valence-corrected chi connectivity index (χ2v) is 5.60. The monoisotopic (exact) mass is 415 g/mol. The third kappa shape index (κ3) is 3.55. The van der Waals surface area contributed by atoms with Crippen LogP contribution in [0.4, 0.5) is 5.69 Å². The van der Waals surface area contributed by atoms with Crippen LogP contribution in [0.15, 0.2) is 48.5 Å². The third-order valence-corrected chi connectivity index (χ3v) is 3.84. The van der Waals surface area contributed by atoms with Gasteiger partial charge in [0.25, 0.3) is 5.91 Å². The van der Waals surface area contributed by atoms with E-state index in [-0.39, 0.29) is 5.91 Å². The van der Waals surface area contributed by atoms with Gasteiger partial charge in [-0.3, -0.25) is 4.79 Å². The number of hydrogen-bond acceptors (Lipinski definition) is 1. The zero-order valence-corrected chi connectivity index (χ0v) is 13.2. The first-order valence-electron chi connectivity index (χ1n) is 5.41. The number of carbonyl (C=O) groups is 1. The van der Waals surface area contributed by atoms with Crippen LogP contribution in [0, 0.1) is 3.57 Å². The van der Waals surface area contributed by atoms with E-state index in [4.69, 9.17) is 0 Å². The highest BCUT2D eigenvalue weighted by atomic mass is 127. The molecule has 18 heavy (non-hydrogen) atoms. The van der Waals surface area contributed by atoms with E-state index in [0.29, 0.717) is 5.56 Å². The lowest BCUT2D eigenvalue weighted by Gasteiger charge is -2.05. The van der Waals surface area contributed by atoms with Gasteiger partial charge in [-0.05, 0) is 64.6 Å². The first-order chi connectivity index (χ1) is 8.69. The van der Waals surface area contributed by atoms with Gasteiger partial charge >= 0.3 is 0 Å². The molecule has 92 valence electrons. The zero-order valence-electron chi connectivity index (χ0n) is 9.49. The largest absolute Gasteiger partial charge is 0.322 e. The van der Waals surface area contributed by atoms with E-state index in [1.807, 2.05) is 48.5 Å². The fourth-order valence-corrected chi connectivity index (χ4v) is 2.22. The van der Waals surface area contributed by atoms with E-state index in [1.54, 1.807) is 0 Å². The molecule has 2 aromatic rings. The summed E-state index contributed by atoms with van der Waals surface area (Å²) >= 11 is 5.61. The maximum Gasteiger partial charge on any atom is 0.255 e. The quantitative estimate of drug-likeness (QED) is 0.582. The average molecular weight is 416 g/mol. The number of hydrogen-bond donors (Lipinski definition) is 1. The Labute approximate surface area is 128 Å². The first kappa shape index (κ1) is 13.5. The van der Waals surface area contributed by atoms with Crippen molar-refractivity contribution in [3.8, 4) is 0 Å². The molecule has 0 bridgehead atoms. The van der Waals surface area contributed by atoms with Crippen LogP contribution >= 0.6 is 38.5 Å². The summed E-state index contributed by atoms with van der Waals surface area (Å²) < 4.78 is 1.15. The Bertz CT molecular complexity index is 537. The van der Waals surface area contributed by atoms with Crippen LogP contribution in [-0.2, 0) is 5.33 Å². The Hall–Kier alpha value is -0.880. The summed E-state index contributed by atoms with van der Waals surface area (Å²) in [5.74, 6) is -0.0858.